The van der Waals surface area contributed by atoms with Gasteiger partial charge >= 0.3 is 6.18 Å². The number of piperazine rings is 1. The van der Waals surface area contributed by atoms with Gasteiger partial charge in [-0.15, -0.1) is 0 Å². The highest BCUT2D eigenvalue weighted by Crippen LogP contribution is 2.29. The molecule has 0 aliphatic carbocycles. The van der Waals surface area contributed by atoms with E-state index in [0.29, 0.717) is 10.6 Å². The molecule has 0 unspecified atom stereocenters. The molecule has 1 aromatic heterocycles. The van der Waals surface area contributed by atoms with Gasteiger partial charge in [0.05, 0.1) is 21.2 Å². The fourth-order valence-electron chi connectivity index (χ4n) is 3.05. The summed E-state index contributed by atoms with van der Waals surface area (Å²) in [6, 6.07) is 7.81. The average molecular weight is 488 g/mol. The number of pyridine rings is 1. The van der Waals surface area contributed by atoms with Crippen molar-refractivity contribution in [3.8, 4) is 0 Å². The summed E-state index contributed by atoms with van der Waals surface area (Å²) in [6.07, 6.45) is -3.75. The van der Waals surface area contributed by atoms with Crippen molar-refractivity contribution in [1.29, 1.82) is 0 Å². The predicted octanol–water partition coefficient (Wildman–Crippen LogP) is 2.93. The van der Waals surface area contributed by atoms with Crippen molar-refractivity contribution in [2.45, 2.75) is 23.0 Å². The van der Waals surface area contributed by atoms with Crippen LogP contribution < -0.4 is 0 Å². The van der Waals surface area contributed by atoms with Gasteiger partial charge in [0.15, 0.2) is 5.78 Å². The molecule has 32 heavy (non-hydrogen) atoms. The number of sulfonamides is 1. The molecule has 0 spiro atoms. The lowest BCUT2D eigenvalue weighted by molar-refractivity contribution is -0.138. The first-order chi connectivity index (χ1) is 15.0. The monoisotopic (exact) mass is 487 g/mol. The third kappa shape index (κ3) is 5.67. The molecule has 3 rings (SSSR count). The maximum Gasteiger partial charge on any atom is 0.417 e. The fourth-order valence-corrected chi connectivity index (χ4v) is 5.22. The van der Waals surface area contributed by atoms with E-state index in [2.05, 4.69) is 4.98 Å². The molecule has 0 radical (unpaired) electrons. The van der Waals surface area contributed by atoms with Crippen LogP contribution in [0.3, 0.4) is 0 Å². The van der Waals surface area contributed by atoms with Crippen LogP contribution in [0.5, 0.6) is 0 Å². The van der Waals surface area contributed by atoms with Crippen molar-refractivity contribution in [2.24, 2.45) is 0 Å². The molecular weight excluding hydrogens is 467 g/mol. The first-order valence-corrected chi connectivity index (χ1v) is 12.0. The fraction of sp³-hybridized carbons (Fsp3) is 0.350. The molecule has 12 heteroatoms. The summed E-state index contributed by atoms with van der Waals surface area (Å²) < 4.78 is 64.6. The van der Waals surface area contributed by atoms with E-state index >= 15 is 0 Å². The van der Waals surface area contributed by atoms with Gasteiger partial charge in [-0.25, -0.2) is 13.4 Å². The standard InChI is InChI=1S/C20H20F3N3O4S2/c1-14(27)15-2-5-17(6-3-15)32(29,30)26-10-8-25(9-11-26)19(28)13-31-18-7-4-16(12-24-18)20(21,22)23/h2-7,12H,8-11,13H2,1H3. The van der Waals surface area contributed by atoms with E-state index < -0.39 is 21.8 Å². The molecule has 172 valence electrons. The summed E-state index contributed by atoms with van der Waals surface area (Å²) in [5, 5.41) is 0.293. The quantitative estimate of drug-likeness (QED) is 0.460. The minimum Gasteiger partial charge on any atom is -0.339 e. The first kappa shape index (κ1) is 24.2. The van der Waals surface area contributed by atoms with E-state index in [0.717, 1.165) is 24.0 Å². The minimum absolute atomic E-state index is 0.0162. The molecule has 1 fully saturated rings. The number of carbonyl (C=O) groups is 2. The number of aromatic nitrogens is 1. The third-order valence-electron chi connectivity index (χ3n) is 4.90. The van der Waals surface area contributed by atoms with Gasteiger partial charge in [-0.05, 0) is 31.2 Å². The van der Waals surface area contributed by atoms with Crippen LogP contribution in [0.15, 0.2) is 52.5 Å². The summed E-state index contributed by atoms with van der Waals surface area (Å²) >= 11 is 1.02. The lowest BCUT2D eigenvalue weighted by Gasteiger charge is -2.34. The summed E-state index contributed by atoms with van der Waals surface area (Å²) in [5.41, 5.74) is -0.444. The average Bonchev–Trinajstić information content (AvgIpc) is 2.77. The Balaban J connectivity index is 1.53. The lowest BCUT2D eigenvalue weighted by Crippen LogP contribution is -2.50. The van der Waals surface area contributed by atoms with Crippen molar-refractivity contribution in [3.63, 3.8) is 0 Å². The van der Waals surface area contributed by atoms with Gasteiger partial charge in [0.1, 0.15) is 0 Å². The Morgan fingerprint density at radius 2 is 1.66 bits per heavy atom. The van der Waals surface area contributed by atoms with Crippen LogP contribution in [-0.2, 0) is 21.0 Å². The van der Waals surface area contributed by atoms with Crippen molar-refractivity contribution in [2.75, 3.05) is 31.9 Å². The van der Waals surface area contributed by atoms with Gasteiger partial charge in [-0.3, -0.25) is 9.59 Å². The normalized spacial score (nSPS) is 15.6. The summed E-state index contributed by atoms with van der Waals surface area (Å²) in [5.74, 6) is -0.428. The largest absolute Gasteiger partial charge is 0.417 e. The van der Waals surface area contributed by atoms with Crippen LogP contribution in [0.1, 0.15) is 22.8 Å². The molecule has 1 aliphatic rings. The Morgan fingerprint density at radius 3 is 2.16 bits per heavy atom. The van der Waals surface area contributed by atoms with Gasteiger partial charge in [-0.2, -0.15) is 17.5 Å². The van der Waals surface area contributed by atoms with Crippen molar-refractivity contribution < 1.29 is 31.2 Å². The number of halogens is 3. The maximum atomic E-state index is 12.8. The zero-order valence-corrected chi connectivity index (χ0v) is 18.6. The van der Waals surface area contributed by atoms with Crippen LogP contribution >= 0.6 is 11.8 Å². The maximum absolute atomic E-state index is 12.8. The van der Waals surface area contributed by atoms with Crippen LogP contribution in [0.25, 0.3) is 0 Å². The number of thioether (sulfide) groups is 1. The topological polar surface area (TPSA) is 87.7 Å². The number of rotatable bonds is 6. The number of carbonyl (C=O) groups excluding carboxylic acids is 2. The van der Waals surface area contributed by atoms with Crippen LogP contribution in [0, 0.1) is 0 Å². The Kier molecular flexibility index (Phi) is 7.25. The number of alkyl halides is 3. The highest BCUT2D eigenvalue weighted by molar-refractivity contribution is 7.99. The number of benzene rings is 1. The van der Waals surface area contributed by atoms with Gasteiger partial charge in [0, 0.05) is 37.9 Å². The minimum atomic E-state index is -4.47. The summed E-state index contributed by atoms with van der Waals surface area (Å²) in [4.78, 5) is 29.1. The second kappa shape index (κ2) is 9.59. The lowest BCUT2D eigenvalue weighted by atomic mass is 10.2. The molecule has 1 aromatic carbocycles. The van der Waals surface area contributed by atoms with E-state index in [-0.39, 0.29) is 48.5 Å². The van der Waals surface area contributed by atoms with Crippen molar-refractivity contribution in [1.82, 2.24) is 14.2 Å². The van der Waals surface area contributed by atoms with E-state index in [1.165, 1.54) is 46.5 Å². The number of amides is 1. The van der Waals surface area contributed by atoms with Crippen molar-refractivity contribution >= 4 is 33.5 Å². The number of ketones is 1. The van der Waals surface area contributed by atoms with E-state index in [1.807, 2.05) is 0 Å². The number of hydrogen-bond acceptors (Lipinski definition) is 6. The highest BCUT2D eigenvalue weighted by Gasteiger charge is 2.31. The second-order valence-electron chi connectivity index (χ2n) is 7.04. The Bertz CT molecular complexity index is 1080. The molecule has 1 saturated heterocycles. The molecule has 1 amide bonds. The molecule has 7 nitrogen and oxygen atoms in total. The van der Waals surface area contributed by atoms with Crippen LogP contribution in [0.4, 0.5) is 13.2 Å². The first-order valence-electron chi connectivity index (χ1n) is 9.53. The molecule has 0 N–H and O–H groups in total. The molecular formula is C20H20F3N3O4S2. The molecule has 0 saturated carbocycles. The molecule has 1 aliphatic heterocycles. The zero-order chi connectivity index (χ0) is 23.5. The van der Waals surface area contributed by atoms with Gasteiger partial charge in [0.2, 0.25) is 15.9 Å². The number of nitrogens with zero attached hydrogens (tertiary/aromatic N) is 3. The van der Waals surface area contributed by atoms with Crippen LogP contribution in [-0.4, -0.2) is 66.2 Å². The number of Topliss-reactive ketones (excluding diaryl/α,β-unsaturated/α-hetero) is 1. The smallest absolute Gasteiger partial charge is 0.339 e. The number of hydrogen-bond donors (Lipinski definition) is 0. The van der Waals surface area contributed by atoms with Crippen molar-refractivity contribution in [3.05, 3.63) is 53.7 Å². The summed E-state index contributed by atoms with van der Waals surface area (Å²) in [6.45, 7) is 2.03. The van der Waals surface area contributed by atoms with Gasteiger partial charge in [0.25, 0.3) is 0 Å². The van der Waals surface area contributed by atoms with E-state index in [9.17, 15) is 31.2 Å². The molecule has 2 aromatic rings. The Hall–Kier alpha value is -2.44. The Labute approximate surface area is 187 Å². The third-order valence-corrected chi connectivity index (χ3v) is 7.74. The predicted molar refractivity (Wildman–Crippen MR) is 112 cm³/mol. The van der Waals surface area contributed by atoms with Crippen LogP contribution in [0.2, 0.25) is 0 Å². The van der Waals surface area contributed by atoms with E-state index in [1.54, 1.807) is 0 Å². The summed E-state index contributed by atoms with van der Waals surface area (Å²) in [7, 11) is -3.75. The van der Waals surface area contributed by atoms with E-state index in [4.69, 9.17) is 0 Å². The second-order valence-corrected chi connectivity index (χ2v) is 9.97. The SMILES string of the molecule is CC(=O)c1ccc(S(=O)(=O)N2CCN(C(=O)CSc3ccc(C(F)(F)F)cn3)CC2)cc1. The molecule has 0 atom stereocenters. The zero-order valence-electron chi connectivity index (χ0n) is 17.0. The molecule has 2 heterocycles. The molecule has 0 bridgehead atoms. The van der Waals surface area contributed by atoms with Gasteiger partial charge in [-0.1, -0.05) is 23.9 Å². The Morgan fingerprint density at radius 1 is 1.03 bits per heavy atom. The van der Waals surface area contributed by atoms with Gasteiger partial charge < -0.3 is 4.90 Å². The highest BCUT2D eigenvalue weighted by atomic mass is 32.2.